The van der Waals surface area contributed by atoms with Crippen LogP contribution < -0.4 is 5.73 Å². The third-order valence-corrected chi connectivity index (χ3v) is 4.88. The number of hydrogen-bond donors (Lipinski definition) is 1. The number of rotatable bonds is 10. The zero-order chi connectivity index (χ0) is 27.6. The molecule has 0 spiro atoms. The van der Waals surface area contributed by atoms with E-state index < -0.39 is 0 Å². The van der Waals surface area contributed by atoms with E-state index in [9.17, 15) is 4.39 Å². The summed E-state index contributed by atoms with van der Waals surface area (Å²) >= 11 is 0. The fraction of sp³-hybridized carbons (Fsp3) is 0.536. The van der Waals surface area contributed by atoms with Crippen LogP contribution in [0.5, 0.6) is 0 Å². The van der Waals surface area contributed by atoms with Crippen LogP contribution in [-0.4, -0.2) is 40.6 Å². The van der Waals surface area contributed by atoms with Gasteiger partial charge in [0.2, 0.25) is 0 Å². The molecule has 0 aliphatic heterocycles. The minimum atomic E-state index is 0.438. The third kappa shape index (κ3) is 21.3. The van der Waals surface area contributed by atoms with Gasteiger partial charge in [0.25, 0.3) is 0 Å². The summed E-state index contributed by atoms with van der Waals surface area (Å²) in [5.41, 5.74) is 11.3. The predicted octanol–water partition coefficient (Wildman–Crippen LogP) is 7.69. The molecule has 2 N–H and O–H groups in total. The van der Waals surface area contributed by atoms with E-state index in [1.807, 2.05) is 77.0 Å². The van der Waals surface area contributed by atoms with Crippen molar-refractivity contribution in [1.82, 2.24) is 14.5 Å². The lowest BCUT2D eigenvalue weighted by atomic mass is 10.1. The second-order valence-corrected chi connectivity index (χ2v) is 7.56. The maximum absolute atomic E-state index is 10.7. The number of unbranched alkanes of at least 4 members (excludes halogenated alkanes) is 1. The number of hydrogen-bond acceptors (Lipinski definition) is 4. The van der Waals surface area contributed by atoms with Crippen molar-refractivity contribution in [1.29, 1.82) is 0 Å². The van der Waals surface area contributed by atoms with E-state index in [1.54, 1.807) is 6.20 Å². The Bertz CT molecular complexity index is 782. The van der Waals surface area contributed by atoms with Gasteiger partial charge in [0, 0.05) is 43.6 Å². The molecule has 0 radical (unpaired) electrons. The summed E-state index contributed by atoms with van der Waals surface area (Å²) in [5.74, 6) is 0. The van der Waals surface area contributed by atoms with Crippen molar-refractivity contribution >= 4 is 12.1 Å². The normalized spacial score (nSPS) is 12.4. The molecule has 0 amide bonds. The number of imidazole rings is 1. The molecule has 0 fully saturated rings. The van der Waals surface area contributed by atoms with Crippen LogP contribution in [0.3, 0.4) is 0 Å². The molecule has 0 atom stereocenters. The number of allylic oxidation sites excluding steroid dienone is 6. The molecule has 0 saturated heterocycles. The van der Waals surface area contributed by atoms with Gasteiger partial charge in [-0.05, 0) is 58.6 Å². The Morgan fingerprint density at radius 1 is 1.20 bits per heavy atom. The molecular weight excluding hydrogens is 439 g/mol. The Balaban J connectivity index is -0.000000649. The van der Waals surface area contributed by atoms with Gasteiger partial charge in [-0.3, -0.25) is 4.99 Å². The van der Waals surface area contributed by atoms with Crippen molar-refractivity contribution in [3.05, 3.63) is 66.4 Å². The molecule has 35 heavy (non-hydrogen) atoms. The Labute approximate surface area is 215 Å². The minimum absolute atomic E-state index is 0.438. The van der Waals surface area contributed by atoms with Gasteiger partial charge >= 0.3 is 0 Å². The van der Waals surface area contributed by atoms with Gasteiger partial charge in [-0.1, -0.05) is 46.8 Å². The average Bonchev–Trinajstić information content (AvgIpc) is 3.39. The van der Waals surface area contributed by atoms with E-state index in [2.05, 4.69) is 37.3 Å². The summed E-state index contributed by atoms with van der Waals surface area (Å²) < 4.78 is 12.8. The van der Waals surface area contributed by atoms with E-state index in [0.717, 1.165) is 36.5 Å². The van der Waals surface area contributed by atoms with E-state index >= 15 is 0 Å². The summed E-state index contributed by atoms with van der Waals surface area (Å²) in [6.45, 7) is 20.3. The highest BCUT2D eigenvalue weighted by Gasteiger charge is 2.04. The zero-order valence-corrected chi connectivity index (χ0v) is 24.0. The van der Waals surface area contributed by atoms with Gasteiger partial charge in [-0.2, -0.15) is 0 Å². The number of aliphatic imine (C=N–C) groups is 2. The molecular formula is C28H51FN6. The first-order valence-electron chi connectivity index (χ1n) is 12.3. The molecule has 7 heteroatoms. The Morgan fingerprint density at radius 3 is 2.17 bits per heavy atom. The van der Waals surface area contributed by atoms with E-state index in [4.69, 9.17) is 10.7 Å². The van der Waals surface area contributed by atoms with Crippen LogP contribution in [0.1, 0.15) is 81.1 Å². The van der Waals surface area contributed by atoms with E-state index in [1.165, 1.54) is 36.3 Å². The highest BCUT2D eigenvalue weighted by molar-refractivity contribution is 5.81. The van der Waals surface area contributed by atoms with Crippen LogP contribution in [0.25, 0.3) is 0 Å². The van der Waals surface area contributed by atoms with Crippen molar-refractivity contribution in [2.24, 2.45) is 15.7 Å². The van der Waals surface area contributed by atoms with Gasteiger partial charge in [0.15, 0.2) is 0 Å². The summed E-state index contributed by atoms with van der Waals surface area (Å²) in [4.78, 5) is 14.7. The number of nitrogens with two attached hydrogens (primary N) is 1. The molecule has 0 aromatic carbocycles. The van der Waals surface area contributed by atoms with Crippen LogP contribution in [0.15, 0.2) is 76.4 Å². The minimum Gasteiger partial charge on any atom is -0.401 e. The topological polar surface area (TPSA) is 71.8 Å². The van der Waals surface area contributed by atoms with Crippen molar-refractivity contribution in [3.63, 3.8) is 0 Å². The third-order valence-electron chi connectivity index (χ3n) is 4.88. The fourth-order valence-corrected chi connectivity index (χ4v) is 2.16. The maximum Gasteiger partial charge on any atom is 0.0949 e. The highest BCUT2D eigenvalue weighted by Crippen LogP contribution is 2.15. The highest BCUT2D eigenvalue weighted by atomic mass is 19.1. The van der Waals surface area contributed by atoms with Crippen molar-refractivity contribution in [3.8, 4) is 0 Å². The van der Waals surface area contributed by atoms with Gasteiger partial charge in [0.05, 0.1) is 31.2 Å². The second-order valence-electron chi connectivity index (χ2n) is 7.56. The summed E-state index contributed by atoms with van der Waals surface area (Å²) in [6, 6.07) is 0. The molecule has 1 rings (SSSR count). The van der Waals surface area contributed by atoms with Gasteiger partial charge in [-0.25, -0.2) is 14.4 Å². The fourth-order valence-electron chi connectivity index (χ4n) is 2.16. The van der Waals surface area contributed by atoms with Gasteiger partial charge < -0.3 is 15.2 Å². The van der Waals surface area contributed by atoms with Crippen LogP contribution in [0.2, 0.25) is 0 Å². The van der Waals surface area contributed by atoms with Gasteiger partial charge in [0.1, 0.15) is 0 Å². The first kappa shape index (κ1) is 36.6. The lowest BCUT2D eigenvalue weighted by molar-refractivity contribution is 0.629. The molecule has 200 valence electrons. The molecule has 0 unspecified atom stereocenters. The molecule has 0 bridgehead atoms. The van der Waals surface area contributed by atoms with Crippen molar-refractivity contribution in [2.75, 3.05) is 14.1 Å². The van der Waals surface area contributed by atoms with Crippen LogP contribution in [0.4, 0.5) is 4.39 Å². The first-order chi connectivity index (χ1) is 16.7. The average molecular weight is 491 g/mol. The molecule has 0 aliphatic carbocycles. The Hall–Kier alpha value is -2.96. The molecule has 0 saturated carbocycles. The summed E-state index contributed by atoms with van der Waals surface area (Å²) in [6.07, 6.45) is 15.0. The largest absolute Gasteiger partial charge is 0.401 e. The predicted molar refractivity (Wildman–Crippen MR) is 154 cm³/mol. The first-order valence-corrected chi connectivity index (χ1v) is 12.3. The number of aromatic nitrogens is 2. The van der Waals surface area contributed by atoms with Crippen LogP contribution in [0, 0.1) is 0 Å². The van der Waals surface area contributed by atoms with E-state index in [0.29, 0.717) is 6.33 Å². The molecule has 1 aromatic heterocycles. The second kappa shape index (κ2) is 25.7. The van der Waals surface area contributed by atoms with Crippen LogP contribution >= 0.6 is 0 Å². The monoisotopic (exact) mass is 490 g/mol. The zero-order valence-electron chi connectivity index (χ0n) is 24.0. The molecule has 0 aliphatic rings. The van der Waals surface area contributed by atoms with Crippen molar-refractivity contribution < 1.29 is 4.39 Å². The summed E-state index contributed by atoms with van der Waals surface area (Å²) in [7, 11) is 3.78. The standard InChI is InChI=1S/C17H29N5.C5H11N.C4H5F.C2H6/c1-6-7-8-14(2)17(11-22-10-9-19-12-22)20-13-21(5)16(4)15(3)18;1-4-5(2)6-3;1-2-3-4-5;1-2/h9-10,12-13H,6-8,11,18H2,1-5H3;4H2,1-3H3;2-4H,1H2;1-2H3/b16-15-,17-14+,20-13?;;4-3+;. The lowest BCUT2D eigenvalue weighted by Crippen LogP contribution is -2.17. The van der Waals surface area contributed by atoms with Gasteiger partial charge in [-0.15, -0.1) is 0 Å². The number of halogens is 1. The Morgan fingerprint density at radius 2 is 1.83 bits per heavy atom. The molecule has 6 nitrogen and oxygen atoms in total. The molecule has 1 aromatic rings. The van der Waals surface area contributed by atoms with Crippen LogP contribution in [-0.2, 0) is 6.54 Å². The molecule has 1 heterocycles. The van der Waals surface area contributed by atoms with Crippen molar-refractivity contribution in [2.45, 2.75) is 87.6 Å². The quantitative estimate of drug-likeness (QED) is 0.208. The smallest absolute Gasteiger partial charge is 0.0949 e. The summed E-state index contributed by atoms with van der Waals surface area (Å²) in [5, 5.41) is 0. The Kier molecular flexibility index (Phi) is 26.8. The number of nitrogens with zero attached hydrogens (tertiary/aromatic N) is 5. The maximum atomic E-state index is 10.7. The van der Waals surface area contributed by atoms with E-state index in [-0.39, 0.29) is 0 Å². The SMILES string of the molecule is C=C/C=C/F.CC.CCC(C)=NC.CCCC/C(C)=C(\Cn1ccnc1)N=CN(C)/C(C)=C(/C)N. The lowest BCUT2D eigenvalue weighted by Gasteiger charge is -2.16.